The molecule has 6 heteroatoms. The number of hydrogen-bond donors (Lipinski definition) is 0. The molecule has 2 aromatic carbocycles. The Labute approximate surface area is 166 Å². The molecule has 0 saturated heterocycles. The second kappa shape index (κ2) is 7.80. The summed E-state index contributed by atoms with van der Waals surface area (Å²) >= 11 is 0. The van der Waals surface area contributed by atoms with E-state index < -0.39 is 15.9 Å². The third-order valence-electron chi connectivity index (χ3n) is 4.42. The molecule has 0 aromatic heterocycles. The van der Waals surface area contributed by atoms with Crippen LogP contribution in [0.5, 0.6) is 5.75 Å². The number of carbonyl (C=O) groups is 1. The Morgan fingerprint density at radius 2 is 1.68 bits per heavy atom. The molecule has 0 unspecified atom stereocenters. The number of ether oxygens (including phenoxy) is 1. The second-order valence-corrected chi connectivity index (χ2v) is 9.37. The summed E-state index contributed by atoms with van der Waals surface area (Å²) < 4.78 is 29.6. The first-order chi connectivity index (χ1) is 13.1. The summed E-state index contributed by atoms with van der Waals surface area (Å²) in [6.07, 6.45) is 1.63. The standard InChI is InChI=1S/C22H25NO4S/c1-15(2)27-21-7-5-18(6-8-21)22(24)23(19-9-10-28(25,26)14-19)20-12-16(3)11-17(4)13-20/h5-13,15,19H,14H2,1-4H3/t19-/m1/s1. The van der Waals surface area contributed by atoms with E-state index in [9.17, 15) is 13.2 Å². The van der Waals surface area contributed by atoms with Gasteiger partial charge >= 0.3 is 0 Å². The molecule has 28 heavy (non-hydrogen) atoms. The molecule has 148 valence electrons. The van der Waals surface area contributed by atoms with Crippen molar-refractivity contribution in [2.45, 2.75) is 39.8 Å². The zero-order valence-corrected chi connectivity index (χ0v) is 17.4. The van der Waals surface area contributed by atoms with Crippen LogP contribution in [-0.2, 0) is 9.84 Å². The maximum Gasteiger partial charge on any atom is 0.258 e. The Bertz CT molecular complexity index is 987. The highest BCUT2D eigenvalue weighted by molar-refractivity contribution is 7.94. The second-order valence-electron chi connectivity index (χ2n) is 7.44. The van der Waals surface area contributed by atoms with Crippen molar-refractivity contribution in [1.82, 2.24) is 0 Å². The first-order valence-electron chi connectivity index (χ1n) is 9.24. The van der Waals surface area contributed by atoms with E-state index in [0.29, 0.717) is 17.0 Å². The molecule has 2 aromatic rings. The van der Waals surface area contributed by atoms with Crippen LogP contribution in [0.15, 0.2) is 53.9 Å². The molecule has 3 rings (SSSR count). The Kier molecular flexibility index (Phi) is 5.61. The molecule has 0 saturated carbocycles. The van der Waals surface area contributed by atoms with Gasteiger partial charge in [-0.05, 0) is 81.3 Å². The third kappa shape index (κ3) is 4.62. The zero-order chi connectivity index (χ0) is 20.5. The fraction of sp³-hybridized carbons (Fsp3) is 0.318. The number of carbonyl (C=O) groups excluding carboxylic acids is 1. The van der Waals surface area contributed by atoms with Gasteiger partial charge in [0.15, 0.2) is 9.84 Å². The van der Waals surface area contributed by atoms with Gasteiger partial charge in [0.25, 0.3) is 5.91 Å². The summed E-state index contributed by atoms with van der Waals surface area (Å²) in [6.45, 7) is 7.79. The fourth-order valence-electron chi connectivity index (χ4n) is 3.36. The highest BCUT2D eigenvalue weighted by Gasteiger charge is 2.32. The van der Waals surface area contributed by atoms with Gasteiger partial charge in [0.2, 0.25) is 0 Å². The number of anilines is 1. The largest absolute Gasteiger partial charge is 0.491 e. The highest BCUT2D eigenvalue weighted by Crippen LogP contribution is 2.27. The van der Waals surface area contributed by atoms with E-state index in [1.54, 1.807) is 35.2 Å². The van der Waals surface area contributed by atoms with Crippen LogP contribution in [0.1, 0.15) is 35.3 Å². The van der Waals surface area contributed by atoms with Gasteiger partial charge in [-0.25, -0.2) is 8.42 Å². The number of rotatable bonds is 5. The van der Waals surface area contributed by atoms with Crippen molar-refractivity contribution in [3.63, 3.8) is 0 Å². The highest BCUT2D eigenvalue weighted by atomic mass is 32.2. The Morgan fingerprint density at radius 1 is 1.07 bits per heavy atom. The Hall–Kier alpha value is -2.60. The molecule has 1 aliphatic heterocycles. The Balaban J connectivity index is 1.99. The average Bonchev–Trinajstić information content (AvgIpc) is 2.93. The molecule has 1 amide bonds. The Morgan fingerprint density at radius 3 is 2.18 bits per heavy atom. The molecule has 0 aliphatic carbocycles. The third-order valence-corrected chi connectivity index (χ3v) is 5.80. The quantitative estimate of drug-likeness (QED) is 0.761. The van der Waals surface area contributed by atoms with Crippen molar-refractivity contribution < 1.29 is 17.9 Å². The number of sulfone groups is 1. The van der Waals surface area contributed by atoms with Crippen molar-refractivity contribution in [2.24, 2.45) is 0 Å². The summed E-state index contributed by atoms with van der Waals surface area (Å²) in [5.41, 5.74) is 3.20. The normalized spacial score (nSPS) is 17.7. The summed E-state index contributed by atoms with van der Waals surface area (Å²) in [6, 6.07) is 12.2. The molecule has 1 aliphatic rings. The van der Waals surface area contributed by atoms with Crippen LogP contribution in [-0.4, -0.2) is 32.2 Å². The molecule has 0 radical (unpaired) electrons. The van der Waals surface area contributed by atoms with E-state index >= 15 is 0 Å². The number of aryl methyl sites for hydroxylation is 2. The molecule has 1 heterocycles. The van der Waals surface area contributed by atoms with Gasteiger partial charge in [-0.2, -0.15) is 0 Å². The van der Waals surface area contributed by atoms with Crippen LogP contribution in [0.2, 0.25) is 0 Å². The van der Waals surface area contributed by atoms with Crippen LogP contribution in [0.25, 0.3) is 0 Å². The van der Waals surface area contributed by atoms with Gasteiger partial charge in [-0.15, -0.1) is 0 Å². The minimum atomic E-state index is -3.30. The van der Waals surface area contributed by atoms with E-state index in [2.05, 4.69) is 0 Å². The number of nitrogens with zero attached hydrogens (tertiary/aromatic N) is 1. The first-order valence-corrected chi connectivity index (χ1v) is 11.0. The SMILES string of the molecule is Cc1cc(C)cc(N(C(=O)c2ccc(OC(C)C)cc2)[C@@H]2C=CS(=O)(=O)C2)c1. The predicted octanol–water partition coefficient (Wildman–Crippen LogP) is 4.05. The minimum Gasteiger partial charge on any atom is -0.491 e. The summed E-state index contributed by atoms with van der Waals surface area (Å²) in [5, 5.41) is 1.19. The van der Waals surface area contributed by atoms with E-state index in [1.807, 2.05) is 45.9 Å². The summed E-state index contributed by atoms with van der Waals surface area (Å²) in [4.78, 5) is 14.9. The lowest BCUT2D eigenvalue weighted by atomic mass is 10.1. The smallest absolute Gasteiger partial charge is 0.258 e. The fourth-order valence-corrected chi connectivity index (χ4v) is 4.62. The number of benzene rings is 2. The van der Waals surface area contributed by atoms with E-state index in [4.69, 9.17) is 4.74 Å². The molecule has 0 fully saturated rings. The maximum atomic E-state index is 13.4. The van der Waals surface area contributed by atoms with Crippen molar-refractivity contribution in [2.75, 3.05) is 10.7 Å². The van der Waals surface area contributed by atoms with Crippen LogP contribution < -0.4 is 9.64 Å². The van der Waals surface area contributed by atoms with Crippen molar-refractivity contribution in [3.05, 3.63) is 70.6 Å². The minimum absolute atomic E-state index is 0.0437. The monoisotopic (exact) mass is 399 g/mol. The zero-order valence-electron chi connectivity index (χ0n) is 16.5. The first kappa shape index (κ1) is 20.1. The molecular weight excluding hydrogens is 374 g/mol. The van der Waals surface area contributed by atoms with Crippen LogP contribution in [0.4, 0.5) is 5.69 Å². The molecule has 0 spiro atoms. The van der Waals surface area contributed by atoms with Crippen molar-refractivity contribution in [3.8, 4) is 5.75 Å². The lowest BCUT2D eigenvalue weighted by Crippen LogP contribution is -2.41. The van der Waals surface area contributed by atoms with E-state index in [-0.39, 0.29) is 17.8 Å². The van der Waals surface area contributed by atoms with Crippen molar-refractivity contribution in [1.29, 1.82) is 0 Å². The lowest BCUT2D eigenvalue weighted by molar-refractivity contribution is 0.0983. The summed E-state index contributed by atoms with van der Waals surface area (Å²) in [7, 11) is -3.30. The van der Waals surface area contributed by atoms with Gasteiger partial charge in [-0.3, -0.25) is 4.79 Å². The molecule has 1 atom stereocenters. The molecular formula is C22H25NO4S. The lowest BCUT2D eigenvalue weighted by Gasteiger charge is -2.28. The van der Waals surface area contributed by atoms with Crippen molar-refractivity contribution >= 4 is 21.4 Å². The topological polar surface area (TPSA) is 63.7 Å². The van der Waals surface area contributed by atoms with Gasteiger partial charge in [0.05, 0.1) is 17.9 Å². The van der Waals surface area contributed by atoms with E-state index in [0.717, 1.165) is 11.1 Å². The van der Waals surface area contributed by atoms with Gasteiger partial charge in [0, 0.05) is 16.7 Å². The van der Waals surface area contributed by atoms with E-state index in [1.165, 1.54) is 5.41 Å². The number of hydrogen-bond acceptors (Lipinski definition) is 4. The van der Waals surface area contributed by atoms with Gasteiger partial charge < -0.3 is 9.64 Å². The van der Waals surface area contributed by atoms with Gasteiger partial charge in [0.1, 0.15) is 5.75 Å². The molecule has 5 nitrogen and oxygen atoms in total. The molecule has 0 bridgehead atoms. The van der Waals surface area contributed by atoms with Crippen LogP contribution in [0, 0.1) is 13.8 Å². The molecule has 0 N–H and O–H groups in total. The maximum absolute atomic E-state index is 13.4. The van der Waals surface area contributed by atoms with Crippen LogP contribution in [0.3, 0.4) is 0 Å². The van der Waals surface area contributed by atoms with Gasteiger partial charge in [-0.1, -0.05) is 6.07 Å². The van der Waals surface area contributed by atoms with Crippen LogP contribution >= 0.6 is 0 Å². The number of amides is 1. The predicted molar refractivity (Wildman–Crippen MR) is 112 cm³/mol. The average molecular weight is 400 g/mol. The summed E-state index contributed by atoms with van der Waals surface area (Å²) in [5.74, 6) is 0.334.